The Kier molecular flexibility index (Phi) is 5.17. The molecule has 0 aliphatic carbocycles. The van der Waals surface area contributed by atoms with E-state index >= 15 is 0 Å². The number of piperidine rings is 1. The molecule has 1 aliphatic heterocycles. The van der Waals surface area contributed by atoms with Gasteiger partial charge in [0.1, 0.15) is 6.33 Å². The molecule has 0 atom stereocenters. The highest BCUT2D eigenvalue weighted by Crippen LogP contribution is 2.23. The fraction of sp³-hybridized carbons (Fsp3) is 0.471. The number of aryl methyl sites for hydroxylation is 2. The third-order valence-corrected chi connectivity index (χ3v) is 6.86. The van der Waals surface area contributed by atoms with Crippen LogP contribution in [0.4, 0.5) is 0 Å². The van der Waals surface area contributed by atoms with Crippen LogP contribution in [0.1, 0.15) is 24.8 Å². The largest absolute Gasteiger partial charge is 0.343 e. The zero-order chi connectivity index (χ0) is 17.9. The van der Waals surface area contributed by atoms with Crippen molar-refractivity contribution < 1.29 is 13.2 Å². The molecule has 3 rings (SSSR count). The van der Waals surface area contributed by atoms with Crippen LogP contribution in [-0.2, 0) is 28.1 Å². The summed E-state index contributed by atoms with van der Waals surface area (Å²) in [6, 6.07) is 9.89. The summed E-state index contributed by atoms with van der Waals surface area (Å²) in [4.78, 5) is 14.1. The summed E-state index contributed by atoms with van der Waals surface area (Å²) in [6.45, 7) is 0.935. The molecule has 134 valence electrons. The molecule has 2 aromatic rings. The predicted octanol–water partition coefficient (Wildman–Crippen LogP) is 1.21. The van der Waals surface area contributed by atoms with Crippen LogP contribution in [0.2, 0.25) is 0 Å². The molecule has 2 heterocycles. The van der Waals surface area contributed by atoms with Crippen molar-refractivity contribution in [3.05, 3.63) is 42.2 Å². The average molecular weight is 362 g/mol. The normalized spacial score (nSPS) is 16.1. The average Bonchev–Trinajstić information content (AvgIpc) is 3.07. The van der Waals surface area contributed by atoms with Crippen LogP contribution in [0.25, 0.3) is 0 Å². The van der Waals surface area contributed by atoms with Gasteiger partial charge in [0.15, 0.2) is 0 Å². The lowest BCUT2D eigenvalue weighted by Gasteiger charge is -2.31. The highest BCUT2D eigenvalue weighted by molar-refractivity contribution is 7.91. The van der Waals surface area contributed by atoms with Crippen LogP contribution in [0, 0.1) is 0 Å². The Balaban J connectivity index is 1.55. The monoisotopic (exact) mass is 362 g/mol. The summed E-state index contributed by atoms with van der Waals surface area (Å²) in [5.41, 5.74) is 1.13. The second kappa shape index (κ2) is 7.35. The number of amides is 1. The van der Waals surface area contributed by atoms with E-state index in [2.05, 4.69) is 10.2 Å². The molecule has 1 aromatic carbocycles. The first-order valence-corrected chi connectivity index (χ1v) is 9.92. The van der Waals surface area contributed by atoms with E-state index < -0.39 is 15.1 Å². The Bertz CT molecular complexity index is 825. The standard InChI is InChI=1S/C17H22N4O3S/c1-20-13-18-19-17(20)25(23,24)15-9-11-21(12-10-15)16(22)8-7-14-5-3-2-4-6-14/h2-6,13,15H,7-12H2,1H3. The molecule has 1 aliphatic rings. The molecule has 0 bridgehead atoms. The summed E-state index contributed by atoms with van der Waals surface area (Å²) < 4.78 is 26.7. The highest BCUT2D eigenvalue weighted by atomic mass is 32.2. The molecule has 0 spiro atoms. The molecule has 7 nitrogen and oxygen atoms in total. The van der Waals surface area contributed by atoms with Crippen molar-refractivity contribution in [1.82, 2.24) is 19.7 Å². The number of carbonyl (C=O) groups is 1. The van der Waals surface area contributed by atoms with Crippen LogP contribution >= 0.6 is 0 Å². The van der Waals surface area contributed by atoms with Crippen molar-refractivity contribution in [3.63, 3.8) is 0 Å². The third-order valence-electron chi connectivity index (χ3n) is 4.63. The first-order chi connectivity index (χ1) is 12.0. The maximum Gasteiger partial charge on any atom is 0.249 e. The van der Waals surface area contributed by atoms with Gasteiger partial charge in [0.05, 0.1) is 5.25 Å². The molecular weight excluding hydrogens is 340 g/mol. The van der Waals surface area contributed by atoms with Gasteiger partial charge in [-0.25, -0.2) is 8.42 Å². The van der Waals surface area contributed by atoms with Crippen LogP contribution in [-0.4, -0.2) is 52.3 Å². The molecule has 1 aromatic heterocycles. The molecule has 0 N–H and O–H groups in total. The van der Waals surface area contributed by atoms with Gasteiger partial charge in [-0.1, -0.05) is 30.3 Å². The SMILES string of the molecule is Cn1cnnc1S(=O)(=O)C1CCN(C(=O)CCc2ccccc2)CC1. The Morgan fingerprint density at radius 1 is 1.20 bits per heavy atom. The van der Waals surface area contributed by atoms with E-state index in [4.69, 9.17) is 0 Å². The van der Waals surface area contributed by atoms with Gasteiger partial charge in [0, 0.05) is 26.6 Å². The van der Waals surface area contributed by atoms with E-state index in [-0.39, 0.29) is 11.1 Å². The van der Waals surface area contributed by atoms with E-state index in [0.717, 1.165) is 5.56 Å². The second-order valence-electron chi connectivity index (χ2n) is 6.34. The van der Waals surface area contributed by atoms with E-state index in [1.54, 1.807) is 11.9 Å². The molecule has 0 unspecified atom stereocenters. The quantitative estimate of drug-likeness (QED) is 0.798. The minimum Gasteiger partial charge on any atom is -0.343 e. The molecule has 0 saturated carbocycles. The van der Waals surface area contributed by atoms with Crippen LogP contribution in [0.5, 0.6) is 0 Å². The van der Waals surface area contributed by atoms with Gasteiger partial charge >= 0.3 is 0 Å². The van der Waals surface area contributed by atoms with E-state index in [1.807, 2.05) is 30.3 Å². The number of hydrogen-bond donors (Lipinski definition) is 0. The number of rotatable bonds is 5. The lowest BCUT2D eigenvalue weighted by Crippen LogP contribution is -2.43. The number of hydrogen-bond acceptors (Lipinski definition) is 5. The van der Waals surface area contributed by atoms with Crippen molar-refractivity contribution in [3.8, 4) is 0 Å². The van der Waals surface area contributed by atoms with Crippen LogP contribution in [0.15, 0.2) is 41.8 Å². The van der Waals surface area contributed by atoms with Crippen molar-refractivity contribution in [2.75, 3.05) is 13.1 Å². The summed E-state index contributed by atoms with van der Waals surface area (Å²) in [5, 5.41) is 6.87. The Morgan fingerprint density at radius 2 is 1.88 bits per heavy atom. The highest BCUT2D eigenvalue weighted by Gasteiger charge is 2.35. The number of benzene rings is 1. The molecule has 0 radical (unpaired) electrons. The molecule has 1 amide bonds. The number of nitrogens with zero attached hydrogens (tertiary/aromatic N) is 4. The molecule has 1 fully saturated rings. The first kappa shape index (κ1) is 17.6. The fourth-order valence-electron chi connectivity index (χ4n) is 3.15. The number of sulfone groups is 1. The lowest BCUT2D eigenvalue weighted by molar-refractivity contribution is -0.132. The Morgan fingerprint density at radius 3 is 2.48 bits per heavy atom. The number of likely N-dealkylation sites (tertiary alicyclic amines) is 1. The Labute approximate surface area is 147 Å². The van der Waals surface area contributed by atoms with Gasteiger partial charge in [-0.2, -0.15) is 0 Å². The second-order valence-corrected chi connectivity index (χ2v) is 8.46. The zero-order valence-electron chi connectivity index (χ0n) is 14.2. The van der Waals surface area contributed by atoms with E-state index in [9.17, 15) is 13.2 Å². The third kappa shape index (κ3) is 3.89. The van der Waals surface area contributed by atoms with Crippen molar-refractivity contribution in [2.45, 2.75) is 36.1 Å². The summed E-state index contributed by atoms with van der Waals surface area (Å²) in [5.74, 6) is 0.0818. The van der Waals surface area contributed by atoms with Crippen LogP contribution in [0.3, 0.4) is 0 Å². The maximum atomic E-state index is 12.6. The minimum atomic E-state index is -3.50. The van der Waals surface area contributed by atoms with Crippen LogP contribution < -0.4 is 0 Å². The van der Waals surface area contributed by atoms with E-state index in [0.29, 0.717) is 38.8 Å². The molecule has 25 heavy (non-hydrogen) atoms. The first-order valence-electron chi connectivity index (χ1n) is 8.38. The van der Waals surface area contributed by atoms with Gasteiger partial charge in [0.25, 0.3) is 0 Å². The summed E-state index contributed by atoms with van der Waals surface area (Å²) >= 11 is 0. The van der Waals surface area contributed by atoms with Crippen molar-refractivity contribution >= 4 is 15.7 Å². The minimum absolute atomic E-state index is 0.00125. The lowest BCUT2D eigenvalue weighted by atomic mass is 10.1. The zero-order valence-corrected chi connectivity index (χ0v) is 15.0. The summed E-state index contributed by atoms with van der Waals surface area (Å²) in [7, 11) is -1.88. The van der Waals surface area contributed by atoms with Crippen molar-refractivity contribution in [2.24, 2.45) is 7.05 Å². The van der Waals surface area contributed by atoms with Gasteiger partial charge < -0.3 is 9.47 Å². The Hall–Kier alpha value is -2.22. The van der Waals surface area contributed by atoms with Gasteiger partial charge in [-0.15, -0.1) is 10.2 Å². The number of carbonyl (C=O) groups excluding carboxylic acids is 1. The maximum absolute atomic E-state index is 12.6. The smallest absolute Gasteiger partial charge is 0.249 e. The van der Waals surface area contributed by atoms with Gasteiger partial charge in [-0.05, 0) is 24.8 Å². The molecule has 8 heteroatoms. The topological polar surface area (TPSA) is 85.2 Å². The fourth-order valence-corrected chi connectivity index (χ4v) is 4.89. The van der Waals surface area contributed by atoms with Gasteiger partial charge in [0.2, 0.25) is 20.9 Å². The molecular formula is C17H22N4O3S. The summed E-state index contributed by atoms with van der Waals surface area (Å²) in [6.07, 6.45) is 3.41. The van der Waals surface area contributed by atoms with Crippen molar-refractivity contribution in [1.29, 1.82) is 0 Å². The predicted molar refractivity (Wildman–Crippen MR) is 92.6 cm³/mol. The van der Waals surface area contributed by atoms with Gasteiger partial charge in [-0.3, -0.25) is 4.79 Å². The van der Waals surface area contributed by atoms with E-state index in [1.165, 1.54) is 10.9 Å². The molecule has 1 saturated heterocycles. The number of aromatic nitrogens is 3.